The number of hydrogen-bond acceptors (Lipinski definition) is 5. The molecule has 0 bridgehead atoms. The summed E-state index contributed by atoms with van der Waals surface area (Å²) in [6.45, 7) is 4.33. The maximum absolute atomic E-state index is 12.5. The molecule has 6 nitrogen and oxygen atoms in total. The van der Waals surface area contributed by atoms with E-state index in [0.717, 1.165) is 5.56 Å². The van der Waals surface area contributed by atoms with E-state index in [1.165, 1.54) is 31.9 Å². The topological polar surface area (TPSA) is 90.7 Å². The Labute approximate surface area is 155 Å². The number of ether oxygens (including phenoxy) is 2. The molecule has 1 atom stereocenters. The summed E-state index contributed by atoms with van der Waals surface area (Å²) in [6.07, 6.45) is 0. The van der Waals surface area contributed by atoms with Gasteiger partial charge in [-0.2, -0.15) is 0 Å². The summed E-state index contributed by atoms with van der Waals surface area (Å²) >= 11 is 0. The standard InChI is InChI=1S/C19H26N2O4S/c1-13(2)14-5-7-15(8-6-14)17(20)12-21-26(22,23)16-9-10-18(24-3)19(11-16)25-4/h5-11,13,17,21H,12,20H2,1-4H3. The largest absolute Gasteiger partial charge is 0.493 e. The van der Waals surface area contributed by atoms with Gasteiger partial charge in [-0.25, -0.2) is 13.1 Å². The summed E-state index contributed by atoms with van der Waals surface area (Å²) in [5, 5.41) is 0. The molecule has 2 aromatic carbocycles. The smallest absolute Gasteiger partial charge is 0.240 e. The summed E-state index contributed by atoms with van der Waals surface area (Å²) in [6, 6.07) is 11.9. The number of methoxy groups -OCH3 is 2. The quantitative estimate of drug-likeness (QED) is 0.737. The Balaban J connectivity index is 2.09. The molecule has 26 heavy (non-hydrogen) atoms. The SMILES string of the molecule is COc1ccc(S(=O)(=O)NCC(N)c2ccc(C(C)C)cc2)cc1OC. The van der Waals surface area contributed by atoms with Crippen LogP contribution in [0, 0.1) is 0 Å². The van der Waals surface area contributed by atoms with Crippen molar-refractivity contribution in [2.75, 3.05) is 20.8 Å². The molecule has 0 aliphatic carbocycles. The van der Waals surface area contributed by atoms with E-state index < -0.39 is 16.1 Å². The fraction of sp³-hybridized carbons (Fsp3) is 0.368. The molecule has 0 aromatic heterocycles. The van der Waals surface area contributed by atoms with Gasteiger partial charge in [0.1, 0.15) is 0 Å². The molecule has 1 unspecified atom stereocenters. The van der Waals surface area contributed by atoms with Gasteiger partial charge in [-0.1, -0.05) is 38.1 Å². The maximum Gasteiger partial charge on any atom is 0.240 e. The minimum atomic E-state index is -3.71. The third-order valence-electron chi connectivity index (χ3n) is 4.19. The Morgan fingerprint density at radius 1 is 0.962 bits per heavy atom. The molecule has 0 aliphatic rings. The van der Waals surface area contributed by atoms with Crippen LogP contribution in [-0.4, -0.2) is 29.2 Å². The van der Waals surface area contributed by atoms with E-state index in [1.807, 2.05) is 24.3 Å². The van der Waals surface area contributed by atoms with Crippen molar-refractivity contribution in [1.82, 2.24) is 4.72 Å². The highest BCUT2D eigenvalue weighted by Gasteiger charge is 2.18. The molecule has 7 heteroatoms. The van der Waals surface area contributed by atoms with Crippen molar-refractivity contribution in [3.8, 4) is 11.5 Å². The first-order chi connectivity index (χ1) is 12.3. The number of sulfonamides is 1. The van der Waals surface area contributed by atoms with Crippen LogP contribution in [0.1, 0.15) is 36.9 Å². The van der Waals surface area contributed by atoms with Gasteiger partial charge in [-0.3, -0.25) is 0 Å². The molecular weight excluding hydrogens is 352 g/mol. The van der Waals surface area contributed by atoms with E-state index in [-0.39, 0.29) is 11.4 Å². The molecule has 0 aliphatic heterocycles. The predicted octanol–water partition coefficient (Wildman–Crippen LogP) is 2.81. The van der Waals surface area contributed by atoms with Gasteiger partial charge in [0.2, 0.25) is 10.0 Å². The van der Waals surface area contributed by atoms with Crippen LogP contribution in [0.3, 0.4) is 0 Å². The summed E-state index contributed by atoms with van der Waals surface area (Å²) < 4.78 is 37.9. The number of nitrogens with one attached hydrogen (secondary N) is 1. The monoisotopic (exact) mass is 378 g/mol. The lowest BCUT2D eigenvalue weighted by Crippen LogP contribution is -2.32. The van der Waals surface area contributed by atoms with Crippen molar-refractivity contribution in [1.29, 1.82) is 0 Å². The highest BCUT2D eigenvalue weighted by molar-refractivity contribution is 7.89. The Kier molecular flexibility index (Phi) is 6.63. The van der Waals surface area contributed by atoms with Crippen LogP contribution >= 0.6 is 0 Å². The Hall–Kier alpha value is -2.09. The zero-order chi connectivity index (χ0) is 19.3. The zero-order valence-electron chi connectivity index (χ0n) is 15.5. The molecule has 0 spiro atoms. The summed E-state index contributed by atoms with van der Waals surface area (Å²) in [5.74, 6) is 1.25. The molecular formula is C19H26N2O4S. The summed E-state index contributed by atoms with van der Waals surface area (Å²) in [4.78, 5) is 0.0949. The molecule has 0 amide bonds. The van der Waals surface area contributed by atoms with E-state index in [9.17, 15) is 8.42 Å². The average Bonchev–Trinajstić information content (AvgIpc) is 2.65. The maximum atomic E-state index is 12.5. The van der Waals surface area contributed by atoms with Crippen molar-refractivity contribution >= 4 is 10.0 Å². The van der Waals surface area contributed by atoms with Crippen molar-refractivity contribution in [3.05, 3.63) is 53.6 Å². The lowest BCUT2D eigenvalue weighted by molar-refractivity contribution is 0.354. The molecule has 0 saturated heterocycles. The predicted molar refractivity (Wildman–Crippen MR) is 102 cm³/mol. The van der Waals surface area contributed by atoms with Crippen LogP contribution in [0.25, 0.3) is 0 Å². The van der Waals surface area contributed by atoms with E-state index in [4.69, 9.17) is 15.2 Å². The zero-order valence-corrected chi connectivity index (χ0v) is 16.3. The molecule has 0 fully saturated rings. The van der Waals surface area contributed by atoms with Gasteiger partial charge in [0.15, 0.2) is 11.5 Å². The molecule has 2 rings (SSSR count). The van der Waals surface area contributed by atoms with E-state index in [2.05, 4.69) is 18.6 Å². The molecule has 0 saturated carbocycles. The van der Waals surface area contributed by atoms with Crippen LogP contribution in [0.5, 0.6) is 11.5 Å². The molecule has 2 aromatic rings. The molecule has 0 heterocycles. The van der Waals surface area contributed by atoms with Crippen LogP contribution < -0.4 is 19.9 Å². The lowest BCUT2D eigenvalue weighted by Gasteiger charge is -2.15. The molecule has 142 valence electrons. The van der Waals surface area contributed by atoms with Crippen LogP contribution in [0.2, 0.25) is 0 Å². The third-order valence-corrected chi connectivity index (χ3v) is 5.61. The Morgan fingerprint density at radius 3 is 2.08 bits per heavy atom. The van der Waals surface area contributed by atoms with Gasteiger partial charge in [-0.15, -0.1) is 0 Å². The average molecular weight is 378 g/mol. The van der Waals surface area contributed by atoms with Crippen LogP contribution in [0.4, 0.5) is 0 Å². The second-order valence-electron chi connectivity index (χ2n) is 6.30. The van der Waals surface area contributed by atoms with Gasteiger partial charge in [0.25, 0.3) is 0 Å². The van der Waals surface area contributed by atoms with Gasteiger partial charge in [0.05, 0.1) is 19.1 Å². The van der Waals surface area contributed by atoms with E-state index >= 15 is 0 Å². The second-order valence-corrected chi connectivity index (χ2v) is 8.06. The lowest BCUT2D eigenvalue weighted by atomic mass is 9.99. The van der Waals surface area contributed by atoms with Crippen molar-refractivity contribution in [3.63, 3.8) is 0 Å². The van der Waals surface area contributed by atoms with Gasteiger partial charge in [-0.05, 0) is 29.2 Å². The minimum absolute atomic E-state index is 0.0949. The second kappa shape index (κ2) is 8.53. The van der Waals surface area contributed by atoms with Gasteiger partial charge in [0, 0.05) is 18.7 Å². The first-order valence-electron chi connectivity index (χ1n) is 8.35. The van der Waals surface area contributed by atoms with Crippen LogP contribution in [0.15, 0.2) is 47.4 Å². The highest BCUT2D eigenvalue weighted by atomic mass is 32.2. The first kappa shape index (κ1) is 20.2. The highest BCUT2D eigenvalue weighted by Crippen LogP contribution is 2.29. The van der Waals surface area contributed by atoms with Crippen molar-refractivity contribution in [2.24, 2.45) is 5.73 Å². The number of hydrogen-bond donors (Lipinski definition) is 2. The number of benzene rings is 2. The van der Waals surface area contributed by atoms with E-state index in [1.54, 1.807) is 6.07 Å². The van der Waals surface area contributed by atoms with Gasteiger partial charge >= 0.3 is 0 Å². The number of nitrogens with two attached hydrogens (primary N) is 1. The number of rotatable bonds is 8. The minimum Gasteiger partial charge on any atom is -0.493 e. The molecule has 0 radical (unpaired) electrons. The fourth-order valence-electron chi connectivity index (χ4n) is 2.51. The van der Waals surface area contributed by atoms with Crippen molar-refractivity contribution < 1.29 is 17.9 Å². The first-order valence-corrected chi connectivity index (χ1v) is 9.84. The molecule has 3 N–H and O–H groups in total. The normalized spacial score (nSPS) is 12.8. The van der Waals surface area contributed by atoms with Crippen LogP contribution in [-0.2, 0) is 10.0 Å². The van der Waals surface area contributed by atoms with Gasteiger partial charge < -0.3 is 15.2 Å². The Morgan fingerprint density at radius 2 is 1.54 bits per heavy atom. The third kappa shape index (κ3) is 4.75. The Bertz CT molecular complexity index is 833. The van der Waals surface area contributed by atoms with E-state index in [0.29, 0.717) is 17.4 Å². The fourth-order valence-corrected chi connectivity index (χ4v) is 3.59. The summed E-state index contributed by atoms with van der Waals surface area (Å²) in [7, 11) is -0.757. The van der Waals surface area contributed by atoms with Crippen molar-refractivity contribution in [2.45, 2.75) is 30.7 Å². The summed E-state index contributed by atoms with van der Waals surface area (Å²) in [5.41, 5.74) is 8.23.